The van der Waals surface area contributed by atoms with Crippen molar-refractivity contribution in [3.63, 3.8) is 0 Å². The number of aromatic nitrogens is 6. The minimum absolute atomic E-state index is 0.297. The first-order valence-corrected chi connectivity index (χ1v) is 11.5. The molecule has 178 valence electrons. The summed E-state index contributed by atoms with van der Waals surface area (Å²) in [6.07, 6.45) is 1.63. The van der Waals surface area contributed by atoms with E-state index in [0.29, 0.717) is 17.9 Å². The van der Waals surface area contributed by atoms with Crippen LogP contribution in [0.5, 0.6) is 0 Å². The number of para-hydroxylation sites is 1. The van der Waals surface area contributed by atoms with E-state index in [0.717, 1.165) is 33.8 Å². The van der Waals surface area contributed by atoms with Crippen molar-refractivity contribution in [1.29, 1.82) is 0 Å². The molecule has 0 aliphatic heterocycles. The third kappa shape index (κ3) is 4.95. The molecule has 0 fully saturated rings. The van der Waals surface area contributed by atoms with Crippen molar-refractivity contribution in [3.8, 4) is 17.1 Å². The van der Waals surface area contributed by atoms with Crippen LogP contribution in [0.2, 0.25) is 0 Å². The number of carbonyl (C=O) groups excluding carboxylic acids is 1. The quantitative estimate of drug-likeness (QED) is 0.283. The Balaban J connectivity index is 1.21. The average molecular weight is 477 g/mol. The summed E-state index contributed by atoms with van der Waals surface area (Å²) in [7, 11) is 0. The van der Waals surface area contributed by atoms with E-state index in [-0.39, 0.29) is 5.91 Å². The Bertz CT molecular complexity index is 1500. The van der Waals surface area contributed by atoms with Gasteiger partial charge in [-0.25, -0.2) is 10.1 Å². The molecule has 0 saturated carbocycles. The summed E-state index contributed by atoms with van der Waals surface area (Å²) in [5, 5.41) is 21.4. The molecule has 0 bridgehead atoms. The first-order valence-electron chi connectivity index (χ1n) is 11.5. The Morgan fingerprint density at radius 3 is 2.33 bits per heavy atom. The molecule has 9 nitrogen and oxygen atoms in total. The third-order valence-corrected chi connectivity index (χ3v) is 5.73. The fourth-order valence-electron chi connectivity index (χ4n) is 3.82. The highest BCUT2D eigenvalue weighted by atomic mass is 16.2. The topological polar surface area (TPSA) is 103 Å². The van der Waals surface area contributed by atoms with Crippen molar-refractivity contribution in [1.82, 2.24) is 35.4 Å². The van der Waals surface area contributed by atoms with Crippen LogP contribution >= 0.6 is 0 Å². The van der Waals surface area contributed by atoms with Crippen LogP contribution in [0.25, 0.3) is 17.1 Å². The fraction of sp³-hybridized carbons (Fsp3) is 0.111. The number of hydrogen-bond acceptors (Lipinski definition) is 6. The third-order valence-electron chi connectivity index (χ3n) is 5.73. The van der Waals surface area contributed by atoms with Gasteiger partial charge >= 0.3 is 0 Å². The normalized spacial score (nSPS) is 11.2. The zero-order valence-electron chi connectivity index (χ0n) is 19.9. The maximum Gasteiger partial charge on any atom is 0.271 e. The number of amides is 1. The summed E-state index contributed by atoms with van der Waals surface area (Å²) >= 11 is 0. The first-order chi connectivity index (χ1) is 17.6. The van der Waals surface area contributed by atoms with E-state index >= 15 is 0 Å². The summed E-state index contributed by atoms with van der Waals surface area (Å²) in [4.78, 5) is 14.1. The summed E-state index contributed by atoms with van der Waals surface area (Å²) in [5.74, 6) is 0.276. The molecule has 0 spiro atoms. The number of aryl methyl sites for hydroxylation is 1. The standard InChI is InChI=1S/C27H24N8O/c1-19-25(20(2)35(31-19)24-11-7-4-8-12-24)17-28-30-27(36)23-15-13-21(14-16-23)18-34-32-26(29-33-34)22-9-5-3-6-10-22/h3-17H,18H2,1-2H3,(H,30,36). The minimum atomic E-state index is -0.297. The van der Waals surface area contributed by atoms with Crippen molar-refractivity contribution in [3.05, 3.63) is 113 Å². The van der Waals surface area contributed by atoms with Gasteiger partial charge in [0.15, 0.2) is 0 Å². The van der Waals surface area contributed by atoms with Crippen molar-refractivity contribution >= 4 is 12.1 Å². The smallest absolute Gasteiger partial charge is 0.267 e. The van der Waals surface area contributed by atoms with Gasteiger partial charge < -0.3 is 0 Å². The zero-order valence-corrected chi connectivity index (χ0v) is 19.9. The van der Waals surface area contributed by atoms with Crippen LogP contribution < -0.4 is 5.43 Å². The van der Waals surface area contributed by atoms with Crippen LogP contribution in [-0.2, 0) is 6.54 Å². The molecular formula is C27H24N8O. The van der Waals surface area contributed by atoms with Gasteiger partial charge in [0.2, 0.25) is 5.82 Å². The van der Waals surface area contributed by atoms with Gasteiger partial charge in [0.25, 0.3) is 5.91 Å². The van der Waals surface area contributed by atoms with Gasteiger partial charge in [-0.15, -0.1) is 10.2 Å². The average Bonchev–Trinajstić information content (AvgIpc) is 3.50. The predicted octanol–water partition coefficient (Wildman–Crippen LogP) is 3.95. The molecule has 0 atom stereocenters. The number of rotatable bonds is 7. The van der Waals surface area contributed by atoms with E-state index in [2.05, 4.69) is 31.0 Å². The summed E-state index contributed by atoms with van der Waals surface area (Å²) in [6, 6.07) is 26.8. The molecule has 0 saturated heterocycles. The second kappa shape index (κ2) is 10.1. The van der Waals surface area contributed by atoms with Crippen molar-refractivity contribution < 1.29 is 4.79 Å². The summed E-state index contributed by atoms with van der Waals surface area (Å²) in [6.45, 7) is 4.34. The Kier molecular flexibility index (Phi) is 6.44. The predicted molar refractivity (Wildman–Crippen MR) is 137 cm³/mol. The van der Waals surface area contributed by atoms with Crippen LogP contribution in [-0.4, -0.2) is 42.1 Å². The van der Waals surface area contributed by atoms with E-state index < -0.39 is 0 Å². The van der Waals surface area contributed by atoms with Crippen LogP contribution in [0.4, 0.5) is 0 Å². The number of nitrogens with zero attached hydrogens (tertiary/aromatic N) is 7. The molecule has 0 aliphatic carbocycles. The van der Waals surface area contributed by atoms with Crippen LogP contribution in [0, 0.1) is 13.8 Å². The van der Waals surface area contributed by atoms with E-state index in [1.165, 1.54) is 4.80 Å². The van der Waals surface area contributed by atoms with Gasteiger partial charge in [0, 0.05) is 16.7 Å². The van der Waals surface area contributed by atoms with Gasteiger partial charge in [-0.2, -0.15) is 15.0 Å². The van der Waals surface area contributed by atoms with E-state index in [1.807, 2.05) is 91.3 Å². The summed E-state index contributed by atoms with van der Waals surface area (Å²) in [5.41, 5.74) is 8.57. The number of carbonyl (C=O) groups is 1. The molecule has 0 unspecified atom stereocenters. The highest BCUT2D eigenvalue weighted by molar-refractivity contribution is 5.95. The number of hydrazone groups is 1. The highest BCUT2D eigenvalue weighted by Crippen LogP contribution is 2.16. The monoisotopic (exact) mass is 476 g/mol. The van der Waals surface area contributed by atoms with E-state index in [1.54, 1.807) is 18.3 Å². The van der Waals surface area contributed by atoms with Crippen LogP contribution in [0.3, 0.4) is 0 Å². The fourth-order valence-corrected chi connectivity index (χ4v) is 3.82. The number of nitrogens with one attached hydrogen (secondary N) is 1. The number of hydrogen-bond donors (Lipinski definition) is 1. The second-order valence-electron chi connectivity index (χ2n) is 8.24. The Morgan fingerprint density at radius 2 is 1.61 bits per heavy atom. The SMILES string of the molecule is Cc1nn(-c2ccccc2)c(C)c1C=NNC(=O)c1ccc(Cn2nnc(-c3ccccc3)n2)cc1. The molecular weight excluding hydrogens is 452 g/mol. The van der Waals surface area contributed by atoms with Crippen molar-refractivity contribution in [2.75, 3.05) is 0 Å². The van der Waals surface area contributed by atoms with E-state index in [9.17, 15) is 4.79 Å². The van der Waals surface area contributed by atoms with Gasteiger partial charge in [-0.05, 0) is 48.9 Å². The van der Waals surface area contributed by atoms with Gasteiger partial charge in [0.1, 0.15) is 0 Å². The second-order valence-corrected chi connectivity index (χ2v) is 8.24. The summed E-state index contributed by atoms with van der Waals surface area (Å²) < 4.78 is 1.87. The number of benzene rings is 3. The Labute approximate surface area is 208 Å². The van der Waals surface area contributed by atoms with Crippen molar-refractivity contribution in [2.45, 2.75) is 20.4 Å². The molecule has 1 N–H and O–H groups in total. The van der Waals surface area contributed by atoms with Crippen LogP contribution in [0.15, 0.2) is 90.0 Å². The molecule has 5 rings (SSSR count). The van der Waals surface area contributed by atoms with Gasteiger partial charge in [-0.1, -0.05) is 60.7 Å². The molecule has 0 radical (unpaired) electrons. The lowest BCUT2D eigenvalue weighted by molar-refractivity contribution is 0.0955. The molecule has 9 heteroatoms. The lowest BCUT2D eigenvalue weighted by Gasteiger charge is -2.04. The molecule has 5 aromatic rings. The molecule has 2 aromatic heterocycles. The maximum atomic E-state index is 12.6. The Hall–Kier alpha value is -4.92. The van der Waals surface area contributed by atoms with E-state index in [4.69, 9.17) is 0 Å². The Morgan fingerprint density at radius 1 is 0.917 bits per heavy atom. The number of tetrazole rings is 1. The molecule has 1 amide bonds. The molecule has 0 aliphatic rings. The molecule has 36 heavy (non-hydrogen) atoms. The first kappa shape index (κ1) is 22.9. The molecule has 2 heterocycles. The van der Waals surface area contributed by atoms with Gasteiger partial charge in [0.05, 0.1) is 29.8 Å². The largest absolute Gasteiger partial charge is 0.271 e. The lowest BCUT2D eigenvalue weighted by Crippen LogP contribution is -2.17. The lowest BCUT2D eigenvalue weighted by atomic mass is 10.1. The molecule has 3 aromatic carbocycles. The van der Waals surface area contributed by atoms with Crippen LogP contribution in [0.1, 0.15) is 32.9 Å². The zero-order chi connectivity index (χ0) is 24.9. The maximum absolute atomic E-state index is 12.6. The van der Waals surface area contributed by atoms with Gasteiger partial charge in [-0.3, -0.25) is 4.79 Å². The minimum Gasteiger partial charge on any atom is -0.267 e. The highest BCUT2D eigenvalue weighted by Gasteiger charge is 2.12. The van der Waals surface area contributed by atoms with Crippen molar-refractivity contribution in [2.24, 2.45) is 5.10 Å².